The summed E-state index contributed by atoms with van der Waals surface area (Å²) in [4.78, 5) is 23.0. The predicted octanol–water partition coefficient (Wildman–Crippen LogP) is 3.28. The van der Waals surface area contributed by atoms with E-state index in [0.29, 0.717) is 17.1 Å². The normalized spacial score (nSPS) is 10.5. The summed E-state index contributed by atoms with van der Waals surface area (Å²) < 4.78 is 10.8. The van der Waals surface area contributed by atoms with Gasteiger partial charge in [-0.25, -0.2) is 4.79 Å². The Balaban J connectivity index is 2.08. The number of hydrogen-bond acceptors (Lipinski definition) is 4. The van der Waals surface area contributed by atoms with Crippen molar-refractivity contribution in [1.82, 2.24) is 0 Å². The van der Waals surface area contributed by atoms with Crippen molar-refractivity contribution in [2.45, 2.75) is 0 Å². The van der Waals surface area contributed by atoms with E-state index in [2.05, 4.69) is 0 Å². The quantitative estimate of drug-likeness (QED) is 0.797. The molecule has 0 spiro atoms. The van der Waals surface area contributed by atoms with Gasteiger partial charge in [0.05, 0.1) is 5.39 Å². The van der Waals surface area contributed by atoms with Crippen molar-refractivity contribution >= 4 is 16.9 Å². The Morgan fingerprint density at radius 3 is 2.52 bits per heavy atom. The first-order chi connectivity index (χ1) is 10.1. The van der Waals surface area contributed by atoms with Gasteiger partial charge in [-0.1, -0.05) is 18.2 Å². The summed E-state index contributed by atoms with van der Waals surface area (Å²) in [5, 5.41) is 9.11. The van der Waals surface area contributed by atoms with Gasteiger partial charge in [-0.3, -0.25) is 4.79 Å². The van der Waals surface area contributed by atoms with Crippen molar-refractivity contribution in [2.75, 3.05) is 0 Å². The third-order valence-electron chi connectivity index (χ3n) is 2.95. The number of aromatic carboxylic acids is 1. The predicted molar refractivity (Wildman–Crippen MR) is 76.0 cm³/mol. The molecule has 104 valence electrons. The summed E-state index contributed by atoms with van der Waals surface area (Å²) in [5.41, 5.74) is -0.688. The van der Waals surface area contributed by atoms with Gasteiger partial charge in [0.15, 0.2) is 0 Å². The summed E-state index contributed by atoms with van der Waals surface area (Å²) in [6, 6.07) is 13.8. The second-order valence-electron chi connectivity index (χ2n) is 4.36. The summed E-state index contributed by atoms with van der Waals surface area (Å²) in [6.07, 6.45) is 0.949. The highest BCUT2D eigenvalue weighted by atomic mass is 16.5. The van der Waals surface area contributed by atoms with Crippen LogP contribution in [0.1, 0.15) is 10.4 Å². The first kappa shape index (κ1) is 12.9. The molecule has 0 atom stereocenters. The maximum atomic E-state index is 12.1. The zero-order valence-corrected chi connectivity index (χ0v) is 10.8. The third-order valence-corrected chi connectivity index (χ3v) is 2.95. The summed E-state index contributed by atoms with van der Waals surface area (Å²) in [6.45, 7) is 0. The molecule has 1 aromatic heterocycles. The number of hydrogen-bond donors (Lipinski definition) is 1. The van der Waals surface area contributed by atoms with Crippen LogP contribution in [-0.4, -0.2) is 11.1 Å². The van der Waals surface area contributed by atoms with E-state index in [0.717, 1.165) is 6.26 Å². The second-order valence-corrected chi connectivity index (χ2v) is 4.36. The molecule has 2 aromatic carbocycles. The lowest BCUT2D eigenvalue weighted by Crippen LogP contribution is -2.14. The molecule has 0 saturated heterocycles. The van der Waals surface area contributed by atoms with E-state index in [4.69, 9.17) is 14.3 Å². The van der Waals surface area contributed by atoms with Gasteiger partial charge in [-0.05, 0) is 30.3 Å². The minimum Gasteiger partial charge on any atom is -0.477 e. The average Bonchev–Trinajstić information content (AvgIpc) is 2.49. The van der Waals surface area contributed by atoms with Gasteiger partial charge in [0.25, 0.3) is 0 Å². The molecule has 1 heterocycles. The number of fused-ring (bicyclic) bond motifs is 1. The molecule has 0 aliphatic carbocycles. The molecule has 21 heavy (non-hydrogen) atoms. The Labute approximate surface area is 119 Å². The van der Waals surface area contributed by atoms with Gasteiger partial charge < -0.3 is 14.3 Å². The van der Waals surface area contributed by atoms with Gasteiger partial charge in [-0.2, -0.15) is 0 Å². The van der Waals surface area contributed by atoms with Crippen molar-refractivity contribution in [1.29, 1.82) is 0 Å². The maximum Gasteiger partial charge on any atom is 0.342 e. The Morgan fingerprint density at radius 2 is 1.81 bits per heavy atom. The molecule has 0 radical (unpaired) electrons. The minimum absolute atomic E-state index is 0.170. The first-order valence-corrected chi connectivity index (χ1v) is 6.17. The summed E-state index contributed by atoms with van der Waals surface area (Å²) in [5.74, 6) is -0.265. The molecule has 0 amide bonds. The molecular formula is C16H10O5. The lowest BCUT2D eigenvalue weighted by Gasteiger charge is -2.06. The van der Waals surface area contributed by atoms with Crippen LogP contribution in [-0.2, 0) is 0 Å². The number of para-hydroxylation sites is 1. The highest BCUT2D eigenvalue weighted by molar-refractivity contribution is 5.91. The number of carboxylic acid groups (broad SMARTS) is 1. The zero-order valence-electron chi connectivity index (χ0n) is 10.8. The van der Waals surface area contributed by atoms with Gasteiger partial charge in [0.2, 0.25) is 5.43 Å². The van der Waals surface area contributed by atoms with Crippen LogP contribution in [0.4, 0.5) is 0 Å². The average molecular weight is 282 g/mol. The van der Waals surface area contributed by atoms with Gasteiger partial charge >= 0.3 is 5.97 Å². The van der Waals surface area contributed by atoms with Crippen LogP contribution in [0, 0.1) is 0 Å². The molecule has 0 aliphatic rings. The molecule has 0 aliphatic heterocycles. The van der Waals surface area contributed by atoms with Crippen molar-refractivity contribution in [3.8, 4) is 11.5 Å². The van der Waals surface area contributed by atoms with Crippen LogP contribution in [0.2, 0.25) is 0 Å². The number of carbonyl (C=O) groups is 1. The highest BCUT2D eigenvalue weighted by Crippen LogP contribution is 2.24. The number of carboxylic acids is 1. The lowest BCUT2D eigenvalue weighted by atomic mass is 10.1. The third kappa shape index (κ3) is 2.49. The lowest BCUT2D eigenvalue weighted by molar-refractivity contribution is 0.0693. The number of benzene rings is 2. The Morgan fingerprint density at radius 1 is 1.05 bits per heavy atom. The molecule has 3 aromatic rings. The number of ether oxygens (including phenoxy) is 1. The molecule has 0 fully saturated rings. The van der Waals surface area contributed by atoms with E-state index in [1.54, 1.807) is 24.3 Å². The Hall–Kier alpha value is -3.08. The standard InChI is InChI=1S/C16H10O5/c17-15-12-8-11(21-10-4-2-1-3-5-10)6-7-14(12)20-9-13(15)16(18)19/h1-9H,(H,18,19). The van der Waals surface area contributed by atoms with Crippen molar-refractivity contribution in [2.24, 2.45) is 0 Å². The van der Waals surface area contributed by atoms with Gasteiger partial charge in [0.1, 0.15) is 28.9 Å². The molecule has 5 heteroatoms. The van der Waals surface area contributed by atoms with Gasteiger partial charge in [-0.15, -0.1) is 0 Å². The SMILES string of the molecule is O=C(O)c1coc2ccc(Oc3ccccc3)cc2c1=O. The van der Waals surface area contributed by atoms with Crippen molar-refractivity contribution < 1.29 is 19.1 Å². The monoisotopic (exact) mass is 282 g/mol. The van der Waals surface area contributed by atoms with E-state index in [-0.39, 0.29) is 5.39 Å². The van der Waals surface area contributed by atoms with Crippen LogP contribution < -0.4 is 10.2 Å². The fourth-order valence-corrected chi connectivity index (χ4v) is 1.95. The number of rotatable bonds is 3. The Kier molecular flexibility index (Phi) is 3.16. The molecule has 0 bridgehead atoms. The Bertz CT molecular complexity index is 865. The van der Waals surface area contributed by atoms with Crippen LogP contribution >= 0.6 is 0 Å². The van der Waals surface area contributed by atoms with E-state index >= 15 is 0 Å². The second kappa shape index (κ2) is 5.13. The van der Waals surface area contributed by atoms with Gasteiger partial charge in [0, 0.05) is 0 Å². The van der Waals surface area contributed by atoms with Crippen molar-refractivity contribution in [3.05, 3.63) is 70.6 Å². The maximum absolute atomic E-state index is 12.1. The fraction of sp³-hybridized carbons (Fsp3) is 0. The van der Waals surface area contributed by atoms with Crippen LogP contribution in [0.3, 0.4) is 0 Å². The molecule has 3 rings (SSSR count). The van der Waals surface area contributed by atoms with Crippen LogP contribution in [0.15, 0.2) is 64.0 Å². The van der Waals surface area contributed by atoms with Crippen LogP contribution in [0.25, 0.3) is 11.0 Å². The summed E-state index contributed by atoms with van der Waals surface area (Å²) in [7, 11) is 0. The van der Waals surface area contributed by atoms with E-state index in [1.165, 1.54) is 6.07 Å². The molecular weight excluding hydrogens is 272 g/mol. The van der Waals surface area contributed by atoms with E-state index in [9.17, 15) is 9.59 Å². The smallest absolute Gasteiger partial charge is 0.342 e. The molecule has 1 N–H and O–H groups in total. The highest BCUT2D eigenvalue weighted by Gasteiger charge is 2.13. The molecule has 0 unspecified atom stereocenters. The topological polar surface area (TPSA) is 76.7 Å². The summed E-state index contributed by atoms with van der Waals surface area (Å²) >= 11 is 0. The molecule has 5 nitrogen and oxygen atoms in total. The van der Waals surface area contributed by atoms with Crippen LogP contribution in [0.5, 0.6) is 11.5 Å². The minimum atomic E-state index is -1.32. The fourth-order valence-electron chi connectivity index (χ4n) is 1.95. The van der Waals surface area contributed by atoms with E-state index < -0.39 is 17.0 Å². The first-order valence-electron chi connectivity index (χ1n) is 6.17. The van der Waals surface area contributed by atoms with Crippen molar-refractivity contribution in [3.63, 3.8) is 0 Å². The zero-order chi connectivity index (χ0) is 14.8. The largest absolute Gasteiger partial charge is 0.477 e. The molecule has 0 saturated carbocycles. The van der Waals surface area contributed by atoms with E-state index in [1.807, 2.05) is 18.2 Å².